The van der Waals surface area contributed by atoms with Gasteiger partial charge in [0.15, 0.2) is 0 Å². The first-order valence-electron chi connectivity index (χ1n) is 6.50. The summed E-state index contributed by atoms with van der Waals surface area (Å²) >= 11 is 0. The second kappa shape index (κ2) is 5.18. The molecular weight excluding hydrogens is 240 g/mol. The van der Waals surface area contributed by atoms with Gasteiger partial charge in [-0.3, -0.25) is 0 Å². The Morgan fingerprint density at radius 2 is 2.05 bits per heavy atom. The smallest absolute Gasteiger partial charge is 0.322 e. The van der Waals surface area contributed by atoms with E-state index in [9.17, 15) is 4.79 Å². The number of furan rings is 1. The maximum atomic E-state index is 12.3. The third-order valence-corrected chi connectivity index (χ3v) is 3.41. The summed E-state index contributed by atoms with van der Waals surface area (Å²) in [5, 5.41) is 2.92. The quantitative estimate of drug-likeness (QED) is 0.891. The SMILES string of the molecule is O=C(Nc1ccccc1)N1CCC[C@H]1c1ccco1. The predicted octanol–water partition coefficient (Wildman–Crippen LogP) is 3.65. The average Bonchev–Trinajstić information content (AvgIpc) is 3.10. The van der Waals surface area contributed by atoms with E-state index in [1.165, 1.54) is 0 Å². The van der Waals surface area contributed by atoms with Crippen LogP contribution in [0.4, 0.5) is 10.5 Å². The van der Waals surface area contributed by atoms with E-state index in [-0.39, 0.29) is 12.1 Å². The first-order chi connectivity index (χ1) is 9.34. The van der Waals surface area contributed by atoms with Crippen molar-refractivity contribution in [2.75, 3.05) is 11.9 Å². The van der Waals surface area contributed by atoms with Gasteiger partial charge in [-0.25, -0.2) is 4.79 Å². The highest BCUT2D eigenvalue weighted by molar-refractivity contribution is 5.89. The third-order valence-electron chi connectivity index (χ3n) is 3.41. The predicted molar refractivity (Wildman–Crippen MR) is 72.8 cm³/mol. The molecule has 1 atom stereocenters. The zero-order valence-corrected chi connectivity index (χ0v) is 10.6. The summed E-state index contributed by atoms with van der Waals surface area (Å²) in [5.74, 6) is 0.862. The fourth-order valence-corrected chi connectivity index (χ4v) is 2.50. The molecule has 1 aliphatic heterocycles. The van der Waals surface area contributed by atoms with Gasteiger partial charge >= 0.3 is 6.03 Å². The van der Waals surface area contributed by atoms with Crippen molar-refractivity contribution in [2.45, 2.75) is 18.9 Å². The van der Waals surface area contributed by atoms with Gasteiger partial charge in [-0.15, -0.1) is 0 Å². The van der Waals surface area contributed by atoms with Gasteiger partial charge in [0.2, 0.25) is 0 Å². The first-order valence-corrected chi connectivity index (χ1v) is 6.50. The van der Waals surface area contributed by atoms with E-state index >= 15 is 0 Å². The molecule has 2 amide bonds. The number of benzene rings is 1. The topological polar surface area (TPSA) is 45.5 Å². The molecule has 1 aromatic heterocycles. The highest BCUT2D eigenvalue weighted by Crippen LogP contribution is 2.32. The van der Waals surface area contributed by atoms with Crippen LogP contribution in [0.1, 0.15) is 24.6 Å². The number of rotatable bonds is 2. The Hall–Kier alpha value is -2.23. The van der Waals surface area contributed by atoms with Gasteiger partial charge in [-0.2, -0.15) is 0 Å². The molecule has 1 aromatic carbocycles. The number of anilines is 1. The molecule has 98 valence electrons. The lowest BCUT2D eigenvalue weighted by atomic mass is 10.2. The van der Waals surface area contributed by atoms with E-state index < -0.39 is 0 Å². The third kappa shape index (κ3) is 2.47. The molecule has 1 fully saturated rings. The lowest BCUT2D eigenvalue weighted by Crippen LogP contribution is -2.34. The van der Waals surface area contributed by atoms with E-state index in [1.807, 2.05) is 47.4 Å². The normalized spacial score (nSPS) is 18.5. The number of carbonyl (C=O) groups excluding carboxylic acids is 1. The Morgan fingerprint density at radius 1 is 1.21 bits per heavy atom. The zero-order valence-electron chi connectivity index (χ0n) is 10.6. The van der Waals surface area contributed by atoms with Crippen LogP contribution in [0.15, 0.2) is 53.1 Å². The van der Waals surface area contributed by atoms with Gasteiger partial charge in [0.05, 0.1) is 12.3 Å². The summed E-state index contributed by atoms with van der Waals surface area (Å²) in [6.45, 7) is 0.768. The number of carbonyl (C=O) groups is 1. The molecular formula is C15H16N2O2. The summed E-state index contributed by atoms with van der Waals surface area (Å²) in [5.41, 5.74) is 0.817. The highest BCUT2D eigenvalue weighted by atomic mass is 16.3. The highest BCUT2D eigenvalue weighted by Gasteiger charge is 2.31. The summed E-state index contributed by atoms with van der Waals surface area (Å²) in [7, 11) is 0. The molecule has 1 N–H and O–H groups in total. The van der Waals surface area contributed by atoms with Crippen LogP contribution in [0.5, 0.6) is 0 Å². The number of likely N-dealkylation sites (tertiary alicyclic amines) is 1. The van der Waals surface area contributed by atoms with Crippen LogP contribution in [0.3, 0.4) is 0 Å². The molecule has 1 aliphatic rings. The van der Waals surface area contributed by atoms with Crippen molar-refractivity contribution in [1.29, 1.82) is 0 Å². The summed E-state index contributed by atoms with van der Waals surface area (Å²) < 4.78 is 5.43. The molecule has 0 radical (unpaired) electrons. The van der Waals surface area contributed by atoms with Crippen LogP contribution >= 0.6 is 0 Å². The molecule has 1 saturated heterocycles. The van der Waals surface area contributed by atoms with Crippen molar-refractivity contribution >= 4 is 11.7 Å². The van der Waals surface area contributed by atoms with Crippen molar-refractivity contribution < 1.29 is 9.21 Å². The standard InChI is InChI=1S/C15H16N2O2/c18-15(16-12-6-2-1-3-7-12)17-10-4-8-13(17)14-9-5-11-19-14/h1-3,5-7,9,11,13H,4,8,10H2,(H,16,18)/t13-/m0/s1. The molecule has 0 aliphatic carbocycles. The van der Waals surface area contributed by atoms with Gasteiger partial charge in [0, 0.05) is 12.2 Å². The number of para-hydroxylation sites is 1. The van der Waals surface area contributed by atoms with Gasteiger partial charge in [0.1, 0.15) is 5.76 Å². The van der Waals surface area contributed by atoms with E-state index in [1.54, 1.807) is 6.26 Å². The Balaban J connectivity index is 1.72. The molecule has 4 nitrogen and oxygen atoms in total. The molecule has 0 spiro atoms. The summed E-state index contributed by atoms with van der Waals surface area (Å²) in [6, 6.07) is 13.3. The lowest BCUT2D eigenvalue weighted by Gasteiger charge is -2.23. The second-order valence-corrected chi connectivity index (χ2v) is 4.66. The number of amides is 2. The number of nitrogens with one attached hydrogen (secondary N) is 1. The molecule has 2 heterocycles. The van der Waals surface area contributed by atoms with Crippen LogP contribution in [0.25, 0.3) is 0 Å². The van der Waals surface area contributed by atoms with Crippen molar-refractivity contribution in [1.82, 2.24) is 4.90 Å². The fourth-order valence-electron chi connectivity index (χ4n) is 2.50. The molecule has 3 rings (SSSR count). The monoisotopic (exact) mass is 256 g/mol. The van der Waals surface area contributed by atoms with Gasteiger partial charge < -0.3 is 14.6 Å². The molecule has 0 saturated carbocycles. The van der Waals surface area contributed by atoms with Crippen LogP contribution in [-0.4, -0.2) is 17.5 Å². The molecule has 2 aromatic rings. The molecule has 19 heavy (non-hydrogen) atoms. The van der Waals surface area contributed by atoms with E-state index in [2.05, 4.69) is 5.32 Å². The Kier molecular flexibility index (Phi) is 3.23. The van der Waals surface area contributed by atoms with Crippen LogP contribution in [0.2, 0.25) is 0 Å². The van der Waals surface area contributed by atoms with Gasteiger partial charge in [0.25, 0.3) is 0 Å². The minimum Gasteiger partial charge on any atom is -0.467 e. The molecule has 0 bridgehead atoms. The Labute approximate surface area is 112 Å². The number of urea groups is 1. The number of hydrogen-bond acceptors (Lipinski definition) is 2. The van der Waals surface area contributed by atoms with Gasteiger partial charge in [-0.05, 0) is 37.1 Å². The maximum Gasteiger partial charge on any atom is 0.322 e. The Morgan fingerprint density at radius 3 is 2.79 bits per heavy atom. The van der Waals surface area contributed by atoms with Crippen LogP contribution in [0, 0.1) is 0 Å². The van der Waals surface area contributed by atoms with Crippen molar-refractivity contribution in [3.63, 3.8) is 0 Å². The number of nitrogens with zero attached hydrogens (tertiary/aromatic N) is 1. The summed E-state index contributed by atoms with van der Waals surface area (Å²) in [4.78, 5) is 14.1. The Bertz CT molecular complexity index is 537. The maximum absolute atomic E-state index is 12.3. The van der Waals surface area contributed by atoms with Crippen molar-refractivity contribution in [3.8, 4) is 0 Å². The van der Waals surface area contributed by atoms with Crippen LogP contribution in [-0.2, 0) is 0 Å². The van der Waals surface area contributed by atoms with Gasteiger partial charge in [-0.1, -0.05) is 18.2 Å². The fraction of sp³-hybridized carbons (Fsp3) is 0.267. The number of hydrogen-bond donors (Lipinski definition) is 1. The lowest BCUT2D eigenvalue weighted by molar-refractivity contribution is 0.200. The van der Waals surface area contributed by atoms with Crippen molar-refractivity contribution in [2.24, 2.45) is 0 Å². The minimum atomic E-state index is -0.0647. The first kappa shape index (κ1) is 11.8. The van der Waals surface area contributed by atoms with E-state index in [0.717, 1.165) is 30.8 Å². The van der Waals surface area contributed by atoms with E-state index in [0.29, 0.717) is 0 Å². The summed E-state index contributed by atoms with van der Waals surface area (Å²) in [6.07, 6.45) is 3.62. The zero-order chi connectivity index (χ0) is 13.1. The second-order valence-electron chi connectivity index (χ2n) is 4.66. The molecule has 0 unspecified atom stereocenters. The molecule has 4 heteroatoms. The average molecular weight is 256 g/mol. The van der Waals surface area contributed by atoms with E-state index in [4.69, 9.17) is 4.42 Å². The van der Waals surface area contributed by atoms with Crippen molar-refractivity contribution in [3.05, 3.63) is 54.5 Å². The minimum absolute atomic E-state index is 0.0544. The van der Waals surface area contributed by atoms with Crippen LogP contribution < -0.4 is 5.32 Å². The largest absolute Gasteiger partial charge is 0.467 e.